The average Bonchev–Trinajstić information content (AvgIpc) is 2.94. The number of hydrogen-bond acceptors (Lipinski definition) is 6. The number of aryl methyl sites for hydroxylation is 1. The lowest BCUT2D eigenvalue weighted by molar-refractivity contribution is 0.0192. The SMILES string of the molecule is CCn1c(=O)oc2cc(S(=O)(=O)N3CCN(C(=O)OC(C)(C)C)CC3)ccc21. The molecule has 9 nitrogen and oxygen atoms in total. The molecule has 1 aromatic heterocycles. The number of aromatic nitrogens is 1. The Kier molecular flexibility index (Phi) is 5.28. The van der Waals surface area contributed by atoms with E-state index in [0.717, 1.165) is 0 Å². The van der Waals surface area contributed by atoms with Gasteiger partial charge in [-0.2, -0.15) is 4.31 Å². The van der Waals surface area contributed by atoms with Crippen LogP contribution in [0.5, 0.6) is 0 Å². The zero-order valence-electron chi connectivity index (χ0n) is 16.5. The number of fused-ring (bicyclic) bond motifs is 1. The first-order chi connectivity index (χ1) is 13.0. The Labute approximate surface area is 163 Å². The van der Waals surface area contributed by atoms with Gasteiger partial charge in [-0.3, -0.25) is 4.57 Å². The Balaban J connectivity index is 1.76. The lowest BCUT2D eigenvalue weighted by atomic mass is 10.2. The predicted octanol–water partition coefficient (Wildman–Crippen LogP) is 1.86. The number of nitrogens with zero attached hydrogens (tertiary/aromatic N) is 3. The molecule has 3 rings (SSSR count). The van der Waals surface area contributed by atoms with Gasteiger partial charge in [0, 0.05) is 38.8 Å². The highest BCUT2D eigenvalue weighted by atomic mass is 32.2. The maximum Gasteiger partial charge on any atom is 0.419 e. The van der Waals surface area contributed by atoms with Crippen molar-refractivity contribution in [3.05, 3.63) is 28.7 Å². The van der Waals surface area contributed by atoms with Crippen molar-refractivity contribution in [1.82, 2.24) is 13.8 Å². The third-order valence-electron chi connectivity index (χ3n) is 4.48. The van der Waals surface area contributed by atoms with Gasteiger partial charge in [0.1, 0.15) is 5.60 Å². The van der Waals surface area contributed by atoms with E-state index in [-0.39, 0.29) is 36.7 Å². The fourth-order valence-electron chi connectivity index (χ4n) is 3.09. The van der Waals surface area contributed by atoms with Crippen LogP contribution in [-0.4, -0.2) is 60.1 Å². The largest absolute Gasteiger partial charge is 0.444 e. The average molecular weight is 411 g/mol. The van der Waals surface area contributed by atoms with E-state index < -0.39 is 27.5 Å². The van der Waals surface area contributed by atoms with Crippen LogP contribution in [0.2, 0.25) is 0 Å². The van der Waals surface area contributed by atoms with Gasteiger partial charge in [0.05, 0.1) is 10.4 Å². The molecule has 0 radical (unpaired) electrons. The van der Waals surface area contributed by atoms with Gasteiger partial charge >= 0.3 is 11.8 Å². The van der Waals surface area contributed by atoms with Gasteiger partial charge in [-0.05, 0) is 39.8 Å². The van der Waals surface area contributed by atoms with Crippen molar-refractivity contribution in [2.45, 2.75) is 44.7 Å². The molecule has 1 aliphatic heterocycles. The molecule has 0 bridgehead atoms. The standard InChI is InChI=1S/C18H25N3O6S/c1-5-21-14-7-6-13(12-15(14)26-17(21)23)28(24,25)20-10-8-19(9-11-20)16(22)27-18(2,3)4/h6-7,12H,5,8-11H2,1-4H3. The van der Waals surface area contributed by atoms with Crippen molar-refractivity contribution >= 4 is 27.2 Å². The number of piperazine rings is 1. The van der Waals surface area contributed by atoms with Crippen LogP contribution in [0.4, 0.5) is 4.79 Å². The van der Waals surface area contributed by atoms with Gasteiger partial charge in [0.2, 0.25) is 10.0 Å². The van der Waals surface area contributed by atoms with E-state index in [1.807, 2.05) is 6.92 Å². The second-order valence-corrected chi connectivity index (χ2v) is 9.55. The highest BCUT2D eigenvalue weighted by molar-refractivity contribution is 7.89. The summed E-state index contributed by atoms with van der Waals surface area (Å²) in [6.07, 6.45) is -0.450. The summed E-state index contributed by atoms with van der Waals surface area (Å²) in [7, 11) is -3.76. The van der Waals surface area contributed by atoms with Gasteiger partial charge < -0.3 is 14.1 Å². The summed E-state index contributed by atoms with van der Waals surface area (Å²) in [4.78, 5) is 25.5. The lowest BCUT2D eigenvalue weighted by Crippen LogP contribution is -2.51. The second-order valence-electron chi connectivity index (χ2n) is 7.61. The lowest BCUT2D eigenvalue weighted by Gasteiger charge is -2.34. The molecule has 0 aliphatic carbocycles. The Hall–Kier alpha value is -2.33. The monoisotopic (exact) mass is 411 g/mol. The molecule has 10 heteroatoms. The topological polar surface area (TPSA) is 102 Å². The minimum Gasteiger partial charge on any atom is -0.444 e. The fraction of sp³-hybridized carbons (Fsp3) is 0.556. The highest BCUT2D eigenvalue weighted by Gasteiger charge is 2.32. The summed E-state index contributed by atoms with van der Waals surface area (Å²) in [5.41, 5.74) is 0.190. The molecule has 1 aliphatic rings. The smallest absolute Gasteiger partial charge is 0.419 e. The van der Waals surface area contributed by atoms with E-state index in [1.165, 1.54) is 25.9 Å². The third kappa shape index (κ3) is 3.93. The van der Waals surface area contributed by atoms with E-state index in [2.05, 4.69) is 0 Å². The quantitative estimate of drug-likeness (QED) is 0.764. The number of sulfonamides is 1. The van der Waals surface area contributed by atoms with E-state index in [9.17, 15) is 18.0 Å². The Morgan fingerprint density at radius 3 is 2.39 bits per heavy atom. The molecule has 2 aromatic rings. The van der Waals surface area contributed by atoms with Gasteiger partial charge in [-0.1, -0.05) is 0 Å². The van der Waals surface area contributed by atoms with Crippen LogP contribution >= 0.6 is 0 Å². The number of benzene rings is 1. The molecule has 154 valence electrons. The molecule has 0 saturated carbocycles. The minimum atomic E-state index is -3.76. The number of amides is 1. The molecular weight excluding hydrogens is 386 g/mol. The molecule has 0 N–H and O–H groups in total. The highest BCUT2D eigenvalue weighted by Crippen LogP contribution is 2.23. The van der Waals surface area contributed by atoms with Crippen molar-refractivity contribution in [3.63, 3.8) is 0 Å². The van der Waals surface area contributed by atoms with Crippen LogP contribution in [0.1, 0.15) is 27.7 Å². The van der Waals surface area contributed by atoms with Gasteiger partial charge in [0.15, 0.2) is 5.58 Å². The summed E-state index contributed by atoms with van der Waals surface area (Å²) >= 11 is 0. The van der Waals surface area contributed by atoms with Gasteiger partial charge in [0.25, 0.3) is 0 Å². The normalized spacial score (nSPS) is 16.5. The molecule has 28 heavy (non-hydrogen) atoms. The zero-order valence-corrected chi connectivity index (χ0v) is 17.3. The second kappa shape index (κ2) is 7.25. The van der Waals surface area contributed by atoms with E-state index in [4.69, 9.17) is 9.15 Å². The third-order valence-corrected chi connectivity index (χ3v) is 6.38. The Bertz CT molecular complexity index is 1040. The van der Waals surface area contributed by atoms with Crippen molar-refractivity contribution in [2.75, 3.05) is 26.2 Å². The molecule has 1 saturated heterocycles. The number of ether oxygens (including phenoxy) is 1. The van der Waals surface area contributed by atoms with Crippen LogP contribution in [0.3, 0.4) is 0 Å². The summed E-state index contributed by atoms with van der Waals surface area (Å²) < 4.78 is 39.2. The van der Waals surface area contributed by atoms with Crippen LogP contribution < -0.4 is 5.76 Å². The first-order valence-electron chi connectivity index (χ1n) is 9.14. The molecule has 0 atom stereocenters. The van der Waals surface area contributed by atoms with Crippen LogP contribution in [0, 0.1) is 0 Å². The summed E-state index contributed by atoms with van der Waals surface area (Å²) in [5, 5.41) is 0. The first kappa shape index (κ1) is 20.4. The van der Waals surface area contributed by atoms with Gasteiger partial charge in [-0.25, -0.2) is 18.0 Å². The van der Waals surface area contributed by atoms with E-state index >= 15 is 0 Å². The van der Waals surface area contributed by atoms with E-state index in [0.29, 0.717) is 12.1 Å². The molecule has 0 unspecified atom stereocenters. The zero-order chi connectivity index (χ0) is 20.7. The number of carbonyl (C=O) groups is 1. The molecule has 1 fully saturated rings. The Morgan fingerprint density at radius 1 is 1.18 bits per heavy atom. The number of hydrogen-bond donors (Lipinski definition) is 0. The van der Waals surface area contributed by atoms with Gasteiger partial charge in [-0.15, -0.1) is 0 Å². The number of oxazole rings is 1. The predicted molar refractivity (Wildman–Crippen MR) is 103 cm³/mol. The number of rotatable bonds is 3. The molecule has 1 amide bonds. The summed E-state index contributed by atoms with van der Waals surface area (Å²) in [6.45, 7) is 8.42. The maximum absolute atomic E-state index is 13.0. The molecule has 2 heterocycles. The number of carbonyl (C=O) groups excluding carboxylic acids is 1. The summed E-state index contributed by atoms with van der Waals surface area (Å²) in [5.74, 6) is -0.516. The van der Waals surface area contributed by atoms with Crippen LogP contribution in [0.15, 0.2) is 32.3 Å². The summed E-state index contributed by atoms with van der Waals surface area (Å²) in [6, 6.07) is 4.42. The maximum atomic E-state index is 13.0. The molecular formula is C18H25N3O6S. The minimum absolute atomic E-state index is 0.0581. The molecule has 1 aromatic carbocycles. The Morgan fingerprint density at radius 2 is 1.82 bits per heavy atom. The fourth-order valence-corrected chi connectivity index (χ4v) is 4.53. The molecule has 0 spiro atoms. The first-order valence-corrected chi connectivity index (χ1v) is 10.6. The van der Waals surface area contributed by atoms with Crippen LogP contribution in [-0.2, 0) is 21.3 Å². The van der Waals surface area contributed by atoms with E-state index in [1.54, 1.807) is 26.8 Å². The van der Waals surface area contributed by atoms with Crippen molar-refractivity contribution in [2.24, 2.45) is 0 Å². The van der Waals surface area contributed by atoms with Crippen molar-refractivity contribution in [3.8, 4) is 0 Å². The van der Waals surface area contributed by atoms with Crippen molar-refractivity contribution < 1.29 is 22.4 Å². The van der Waals surface area contributed by atoms with Crippen molar-refractivity contribution in [1.29, 1.82) is 0 Å². The van der Waals surface area contributed by atoms with Crippen LogP contribution in [0.25, 0.3) is 11.1 Å².